The van der Waals surface area contributed by atoms with E-state index in [0.29, 0.717) is 44.3 Å². The van der Waals surface area contributed by atoms with Crippen LogP contribution in [0.3, 0.4) is 0 Å². The molecule has 7 heteroatoms. The lowest BCUT2D eigenvalue weighted by molar-refractivity contribution is 0.0681. The Kier molecular flexibility index (Phi) is 5.21. The van der Waals surface area contributed by atoms with Gasteiger partial charge < -0.3 is 18.7 Å². The molecule has 1 aliphatic heterocycles. The van der Waals surface area contributed by atoms with Gasteiger partial charge in [-0.15, -0.1) is 0 Å². The third kappa shape index (κ3) is 4.10. The molecule has 0 spiro atoms. The highest BCUT2D eigenvalue weighted by molar-refractivity contribution is 5.92. The first-order valence-corrected chi connectivity index (χ1v) is 8.62. The van der Waals surface area contributed by atoms with E-state index in [9.17, 15) is 9.59 Å². The molecule has 0 saturated carbocycles. The number of aromatic nitrogens is 1. The summed E-state index contributed by atoms with van der Waals surface area (Å²) in [4.78, 5) is 28.4. The summed E-state index contributed by atoms with van der Waals surface area (Å²) in [7, 11) is 0. The van der Waals surface area contributed by atoms with Crippen molar-refractivity contribution in [1.29, 1.82) is 0 Å². The van der Waals surface area contributed by atoms with Gasteiger partial charge in [0.05, 0.1) is 12.0 Å². The molecule has 3 heterocycles. The molecule has 7 nitrogen and oxygen atoms in total. The van der Waals surface area contributed by atoms with Crippen LogP contribution in [0.2, 0.25) is 0 Å². The normalized spacial score (nSPS) is 15.5. The summed E-state index contributed by atoms with van der Waals surface area (Å²) >= 11 is 0. The Morgan fingerprint density at radius 3 is 2.40 bits per heavy atom. The molecule has 25 heavy (non-hydrogen) atoms. The molecule has 2 amide bonds. The van der Waals surface area contributed by atoms with Gasteiger partial charge in [0, 0.05) is 32.2 Å². The van der Waals surface area contributed by atoms with E-state index >= 15 is 0 Å². The Morgan fingerprint density at radius 1 is 1.12 bits per heavy atom. The van der Waals surface area contributed by atoms with Crippen molar-refractivity contribution in [1.82, 2.24) is 15.0 Å². The van der Waals surface area contributed by atoms with Gasteiger partial charge in [0.25, 0.3) is 11.8 Å². The highest BCUT2D eigenvalue weighted by Crippen LogP contribution is 2.14. The zero-order chi connectivity index (χ0) is 17.8. The third-order valence-corrected chi connectivity index (χ3v) is 4.19. The van der Waals surface area contributed by atoms with Gasteiger partial charge in [0.2, 0.25) is 5.76 Å². The van der Waals surface area contributed by atoms with Crippen molar-refractivity contribution in [2.45, 2.75) is 26.7 Å². The van der Waals surface area contributed by atoms with Crippen molar-refractivity contribution in [3.63, 3.8) is 0 Å². The molecular formula is C18H23N3O4. The van der Waals surface area contributed by atoms with Crippen LogP contribution in [0.1, 0.15) is 47.1 Å². The van der Waals surface area contributed by atoms with E-state index in [0.717, 1.165) is 12.1 Å². The maximum Gasteiger partial charge on any atom is 0.292 e. The van der Waals surface area contributed by atoms with Crippen molar-refractivity contribution < 1.29 is 18.5 Å². The topological polar surface area (TPSA) is 79.8 Å². The van der Waals surface area contributed by atoms with Crippen molar-refractivity contribution in [3.8, 4) is 0 Å². The smallest absolute Gasteiger partial charge is 0.292 e. The molecule has 0 N–H and O–H groups in total. The Morgan fingerprint density at radius 2 is 1.80 bits per heavy atom. The molecule has 0 aromatic carbocycles. The number of carbonyl (C=O) groups excluding carboxylic acids is 2. The average Bonchev–Trinajstić information content (AvgIpc) is 3.20. The van der Waals surface area contributed by atoms with Crippen LogP contribution < -0.4 is 0 Å². The Balaban J connectivity index is 1.61. The molecule has 2 aromatic heterocycles. The van der Waals surface area contributed by atoms with Crippen molar-refractivity contribution >= 4 is 11.8 Å². The van der Waals surface area contributed by atoms with Gasteiger partial charge in [-0.1, -0.05) is 19.0 Å². The summed E-state index contributed by atoms with van der Waals surface area (Å²) in [6, 6.07) is 5.07. The predicted octanol–water partition coefficient (Wildman–Crippen LogP) is 2.45. The maximum atomic E-state index is 12.6. The maximum absolute atomic E-state index is 12.6. The Labute approximate surface area is 146 Å². The highest BCUT2D eigenvalue weighted by atomic mass is 16.5. The van der Waals surface area contributed by atoms with Gasteiger partial charge in [0.15, 0.2) is 5.76 Å². The minimum atomic E-state index is -0.171. The van der Waals surface area contributed by atoms with Crippen molar-refractivity contribution in [2.75, 3.05) is 26.2 Å². The number of nitrogens with zero attached hydrogens (tertiary/aromatic N) is 3. The van der Waals surface area contributed by atoms with E-state index in [2.05, 4.69) is 19.0 Å². The van der Waals surface area contributed by atoms with Crippen LogP contribution in [-0.4, -0.2) is 52.9 Å². The third-order valence-electron chi connectivity index (χ3n) is 4.19. The van der Waals surface area contributed by atoms with Crippen LogP contribution in [0.15, 0.2) is 33.4 Å². The van der Waals surface area contributed by atoms with E-state index in [4.69, 9.17) is 8.94 Å². The first-order chi connectivity index (χ1) is 12.0. The molecule has 2 aromatic rings. The lowest BCUT2D eigenvalue weighted by Crippen LogP contribution is -2.37. The van der Waals surface area contributed by atoms with Crippen LogP contribution in [0.4, 0.5) is 0 Å². The van der Waals surface area contributed by atoms with Crippen LogP contribution in [0, 0.1) is 5.92 Å². The molecule has 0 atom stereocenters. The number of amides is 2. The minimum Gasteiger partial charge on any atom is -0.459 e. The summed E-state index contributed by atoms with van der Waals surface area (Å²) in [5.41, 5.74) is 0.794. The molecule has 1 aliphatic rings. The number of hydrogen-bond donors (Lipinski definition) is 0. The van der Waals surface area contributed by atoms with Gasteiger partial charge in [-0.2, -0.15) is 0 Å². The summed E-state index contributed by atoms with van der Waals surface area (Å²) in [5.74, 6) is 0.732. The number of furan rings is 1. The minimum absolute atomic E-state index is 0.141. The van der Waals surface area contributed by atoms with Crippen LogP contribution in [0.5, 0.6) is 0 Å². The first-order valence-electron chi connectivity index (χ1n) is 8.62. The van der Waals surface area contributed by atoms with Gasteiger partial charge >= 0.3 is 0 Å². The second-order valence-corrected chi connectivity index (χ2v) is 6.70. The number of carbonyl (C=O) groups is 2. The van der Waals surface area contributed by atoms with E-state index in [1.54, 1.807) is 28.0 Å². The van der Waals surface area contributed by atoms with Crippen LogP contribution in [0.25, 0.3) is 0 Å². The van der Waals surface area contributed by atoms with E-state index in [1.165, 1.54) is 6.26 Å². The molecule has 0 aliphatic carbocycles. The summed E-state index contributed by atoms with van der Waals surface area (Å²) in [6.45, 7) is 6.30. The summed E-state index contributed by atoms with van der Waals surface area (Å²) in [6.07, 6.45) is 2.98. The fourth-order valence-electron chi connectivity index (χ4n) is 2.96. The fourth-order valence-corrected chi connectivity index (χ4v) is 2.96. The largest absolute Gasteiger partial charge is 0.459 e. The van der Waals surface area contributed by atoms with Gasteiger partial charge in [0.1, 0.15) is 0 Å². The molecule has 0 radical (unpaired) electrons. The second kappa shape index (κ2) is 7.55. The molecular weight excluding hydrogens is 322 g/mol. The van der Waals surface area contributed by atoms with Crippen LogP contribution in [-0.2, 0) is 6.42 Å². The van der Waals surface area contributed by atoms with E-state index in [-0.39, 0.29) is 17.6 Å². The zero-order valence-electron chi connectivity index (χ0n) is 14.6. The highest BCUT2D eigenvalue weighted by Gasteiger charge is 2.26. The first kappa shape index (κ1) is 17.3. The molecule has 3 rings (SSSR count). The van der Waals surface area contributed by atoms with E-state index in [1.807, 2.05) is 0 Å². The molecule has 1 saturated heterocycles. The van der Waals surface area contributed by atoms with Crippen LogP contribution >= 0.6 is 0 Å². The monoisotopic (exact) mass is 345 g/mol. The lowest BCUT2D eigenvalue weighted by Gasteiger charge is -2.20. The summed E-state index contributed by atoms with van der Waals surface area (Å²) < 4.78 is 10.4. The average molecular weight is 345 g/mol. The van der Waals surface area contributed by atoms with Gasteiger partial charge in [-0.05, 0) is 30.9 Å². The Hall–Kier alpha value is -2.57. The summed E-state index contributed by atoms with van der Waals surface area (Å²) in [5, 5.41) is 3.97. The SMILES string of the molecule is CC(C)Cc1cc(C(=O)N2CCCN(C(=O)c3ccco3)CC2)on1. The molecule has 134 valence electrons. The molecule has 1 fully saturated rings. The fraction of sp³-hybridized carbons (Fsp3) is 0.500. The van der Waals surface area contributed by atoms with E-state index < -0.39 is 0 Å². The molecule has 0 unspecified atom stereocenters. The van der Waals surface area contributed by atoms with Gasteiger partial charge in [-0.25, -0.2) is 0 Å². The van der Waals surface area contributed by atoms with Crippen molar-refractivity contribution in [3.05, 3.63) is 41.7 Å². The zero-order valence-corrected chi connectivity index (χ0v) is 14.6. The standard InChI is InChI=1S/C18H23N3O4/c1-13(2)11-14-12-16(25-19-14)18(23)21-7-4-6-20(8-9-21)17(22)15-5-3-10-24-15/h3,5,10,12-13H,4,6-9,11H2,1-2H3. The lowest BCUT2D eigenvalue weighted by atomic mass is 10.1. The van der Waals surface area contributed by atoms with Crippen molar-refractivity contribution in [2.24, 2.45) is 5.92 Å². The second-order valence-electron chi connectivity index (χ2n) is 6.70. The predicted molar refractivity (Wildman–Crippen MR) is 90.2 cm³/mol. The number of rotatable bonds is 4. The molecule has 0 bridgehead atoms. The number of hydrogen-bond acceptors (Lipinski definition) is 5. The quantitative estimate of drug-likeness (QED) is 0.850. The van der Waals surface area contributed by atoms with Gasteiger partial charge in [-0.3, -0.25) is 9.59 Å². The Bertz CT molecular complexity index is 721.